The molecule has 1 aliphatic heterocycles. The lowest BCUT2D eigenvalue weighted by Gasteiger charge is -2.40. The number of aliphatic carboxylic acids is 1. The first-order chi connectivity index (χ1) is 10.6. The Balaban J connectivity index is 1.93. The molecule has 0 aromatic carbocycles. The molecular formula is C19H32O4. The van der Waals surface area contributed by atoms with Crippen molar-refractivity contribution in [3.63, 3.8) is 0 Å². The minimum Gasteiger partial charge on any atom is -0.481 e. The van der Waals surface area contributed by atoms with E-state index in [9.17, 15) is 4.79 Å². The molecule has 132 valence electrons. The monoisotopic (exact) mass is 324 g/mol. The molecule has 0 unspecified atom stereocenters. The first-order valence-corrected chi connectivity index (χ1v) is 8.91. The molecule has 2 rings (SSSR count). The minimum absolute atomic E-state index is 0.286. The van der Waals surface area contributed by atoms with Gasteiger partial charge in [-0.15, -0.1) is 0 Å². The molecule has 0 aromatic rings. The fourth-order valence-electron chi connectivity index (χ4n) is 3.99. The Morgan fingerprint density at radius 1 is 1.35 bits per heavy atom. The zero-order valence-corrected chi connectivity index (χ0v) is 15.3. The van der Waals surface area contributed by atoms with Crippen LogP contribution in [0.5, 0.6) is 0 Å². The number of hydrogen-bond acceptors (Lipinski definition) is 3. The van der Waals surface area contributed by atoms with E-state index in [2.05, 4.69) is 27.7 Å². The van der Waals surface area contributed by atoms with Crippen LogP contribution >= 0.6 is 0 Å². The molecule has 1 fully saturated rings. The van der Waals surface area contributed by atoms with Crippen molar-refractivity contribution in [1.82, 2.24) is 0 Å². The number of carboxylic acid groups (broad SMARTS) is 1. The summed E-state index contributed by atoms with van der Waals surface area (Å²) in [5.74, 6) is -1.35. The van der Waals surface area contributed by atoms with Crippen LogP contribution in [0.15, 0.2) is 11.1 Å². The summed E-state index contributed by atoms with van der Waals surface area (Å²) in [6.45, 7) is 10.7. The summed E-state index contributed by atoms with van der Waals surface area (Å²) in [5.41, 5.74) is 3.10. The maximum Gasteiger partial charge on any atom is 0.308 e. The van der Waals surface area contributed by atoms with Gasteiger partial charge in [0.1, 0.15) is 11.7 Å². The second-order valence-corrected chi connectivity index (χ2v) is 8.33. The van der Waals surface area contributed by atoms with Crippen LogP contribution < -0.4 is 0 Å². The molecule has 2 aliphatic rings. The molecule has 0 saturated carbocycles. The Bertz CT molecular complexity index is 470. The third-order valence-corrected chi connectivity index (χ3v) is 5.87. The number of rotatable bonds is 5. The predicted molar refractivity (Wildman–Crippen MR) is 90.0 cm³/mol. The van der Waals surface area contributed by atoms with Gasteiger partial charge in [-0.2, -0.15) is 0 Å². The zero-order chi connectivity index (χ0) is 17.3. The van der Waals surface area contributed by atoms with E-state index in [1.165, 1.54) is 19.3 Å². The maximum absolute atomic E-state index is 11.1. The van der Waals surface area contributed by atoms with E-state index in [1.807, 2.05) is 0 Å². The molecule has 0 aromatic heterocycles. The molecule has 0 bridgehead atoms. The van der Waals surface area contributed by atoms with Crippen LogP contribution in [-0.4, -0.2) is 22.8 Å². The largest absolute Gasteiger partial charge is 0.481 e. The highest BCUT2D eigenvalue weighted by atomic mass is 17.2. The highest BCUT2D eigenvalue weighted by Crippen LogP contribution is 2.44. The lowest BCUT2D eigenvalue weighted by atomic mass is 9.70. The van der Waals surface area contributed by atoms with Gasteiger partial charge in [-0.05, 0) is 71.1 Å². The normalized spacial score (nSPS) is 32.7. The van der Waals surface area contributed by atoms with Crippen LogP contribution in [0.25, 0.3) is 0 Å². The standard InChI is InChI=1S/C19H32O4/c1-13-7-6-10-18(3,4)15(13)8-11-19(5)12-9-16(22-23-19)14(2)17(20)21/h14,16H,6-12H2,1-5H3,(H,20,21)/t14-,16-,19-/m0/s1. The van der Waals surface area contributed by atoms with Crippen LogP contribution in [0, 0.1) is 11.3 Å². The van der Waals surface area contributed by atoms with Crippen molar-refractivity contribution in [1.29, 1.82) is 0 Å². The van der Waals surface area contributed by atoms with Crippen LogP contribution in [0.4, 0.5) is 0 Å². The first-order valence-electron chi connectivity index (χ1n) is 8.91. The third kappa shape index (κ3) is 4.36. The van der Waals surface area contributed by atoms with Crippen LogP contribution in [0.2, 0.25) is 0 Å². The van der Waals surface area contributed by atoms with Gasteiger partial charge in [-0.3, -0.25) is 4.79 Å². The van der Waals surface area contributed by atoms with Gasteiger partial charge < -0.3 is 5.11 Å². The number of carboxylic acids is 1. The van der Waals surface area contributed by atoms with E-state index in [1.54, 1.807) is 18.1 Å². The minimum atomic E-state index is -0.827. The highest BCUT2D eigenvalue weighted by molar-refractivity contribution is 5.70. The van der Waals surface area contributed by atoms with Gasteiger partial charge in [0.25, 0.3) is 0 Å². The summed E-state index contributed by atoms with van der Waals surface area (Å²) in [7, 11) is 0. The van der Waals surface area contributed by atoms with Crippen molar-refractivity contribution in [2.75, 3.05) is 0 Å². The number of hydrogen-bond donors (Lipinski definition) is 1. The van der Waals surface area contributed by atoms with E-state index in [0.29, 0.717) is 0 Å². The summed E-state index contributed by atoms with van der Waals surface area (Å²) in [5, 5.41) is 9.08. The van der Waals surface area contributed by atoms with E-state index in [-0.39, 0.29) is 17.1 Å². The molecule has 1 aliphatic carbocycles. The fraction of sp³-hybridized carbons (Fsp3) is 0.842. The Morgan fingerprint density at radius 2 is 2.04 bits per heavy atom. The number of allylic oxidation sites excluding steroid dienone is 2. The second-order valence-electron chi connectivity index (χ2n) is 8.33. The summed E-state index contributed by atoms with van der Waals surface area (Å²) in [4.78, 5) is 22.2. The van der Waals surface area contributed by atoms with E-state index in [4.69, 9.17) is 14.9 Å². The van der Waals surface area contributed by atoms with Gasteiger partial charge in [0, 0.05) is 0 Å². The average Bonchev–Trinajstić information content (AvgIpc) is 2.46. The second kappa shape index (κ2) is 6.94. The van der Waals surface area contributed by atoms with Crippen molar-refractivity contribution in [2.45, 2.75) is 91.3 Å². The van der Waals surface area contributed by atoms with Gasteiger partial charge in [-0.1, -0.05) is 25.0 Å². The van der Waals surface area contributed by atoms with Crippen LogP contribution in [0.1, 0.15) is 79.6 Å². The molecule has 1 heterocycles. The summed E-state index contributed by atoms with van der Waals surface area (Å²) < 4.78 is 0. The lowest BCUT2D eigenvalue weighted by molar-refractivity contribution is -0.411. The quantitative estimate of drug-likeness (QED) is 0.578. The van der Waals surface area contributed by atoms with Crippen molar-refractivity contribution in [2.24, 2.45) is 11.3 Å². The maximum atomic E-state index is 11.1. The van der Waals surface area contributed by atoms with Gasteiger partial charge in [-0.25, -0.2) is 9.78 Å². The Kier molecular flexibility index (Phi) is 5.57. The Morgan fingerprint density at radius 3 is 2.57 bits per heavy atom. The summed E-state index contributed by atoms with van der Waals surface area (Å²) in [6.07, 6.45) is 6.97. The molecule has 0 amide bonds. The Labute approximate surface area is 140 Å². The highest BCUT2D eigenvalue weighted by Gasteiger charge is 2.39. The number of carbonyl (C=O) groups is 1. The van der Waals surface area contributed by atoms with E-state index < -0.39 is 11.9 Å². The Hall–Kier alpha value is -0.870. The molecule has 23 heavy (non-hydrogen) atoms. The first kappa shape index (κ1) is 18.5. The van der Waals surface area contributed by atoms with E-state index in [0.717, 1.165) is 25.7 Å². The molecule has 3 atom stereocenters. The van der Waals surface area contributed by atoms with E-state index >= 15 is 0 Å². The molecular weight excluding hydrogens is 292 g/mol. The zero-order valence-electron chi connectivity index (χ0n) is 15.3. The van der Waals surface area contributed by atoms with Gasteiger partial charge in [0.15, 0.2) is 0 Å². The summed E-state index contributed by atoms with van der Waals surface area (Å²) in [6, 6.07) is 0. The summed E-state index contributed by atoms with van der Waals surface area (Å²) >= 11 is 0. The molecule has 1 N–H and O–H groups in total. The topological polar surface area (TPSA) is 55.8 Å². The average molecular weight is 324 g/mol. The lowest BCUT2D eigenvalue weighted by Crippen LogP contribution is -2.41. The van der Waals surface area contributed by atoms with Crippen LogP contribution in [-0.2, 0) is 14.6 Å². The predicted octanol–water partition coefficient (Wildman–Crippen LogP) is 4.88. The van der Waals surface area contributed by atoms with Gasteiger partial charge in [0.05, 0.1) is 5.92 Å². The van der Waals surface area contributed by atoms with Crippen molar-refractivity contribution >= 4 is 5.97 Å². The van der Waals surface area contributed by atoms with Crippen molar-refractivity contribution in [3.8, 4) is 0 Å². The van der Waals surface area contributed by atoms with Gasteiger partial charge >= 0.3 is 5.97 Å². The molecule has 4 nitrogen and oxygen atoms in total. The van der Waals surface area contributed by atoms with Crippen molar-refractivity contribution in [3.05, 3.63) is 11.1 Å². The van der Waals surface area contributed by atoms with Gasteiger partial charge in [0.2, 0.25) is 0 Å². The third-order valence-electron chi connectivity index (χ3n) is 5.87. The van der Waals surface area contributed by atoms with Crippen molar-refractivity contribution < 1.29 is 19.7 Å². The fourth-order valence-corrected chi connectivity index (χ4v) is 3.99. The molecule has 0 radical (unpaired) electrons. The SMILES string of the molecule is CC1=C(CC[C@@]2(C)CC[C@@H]([C@H](C)C(=O)O)OO2)C(C)(C)CCC1. The van der Waals surface area contributed by atoms with Crippen LogP contribution in [0.3, 0.4) is 0 Å². The smallest absolute Gasteiger partial charge is 0.308 e. The molecule has 1 saturated heterocycles. The molecule has 0 spiro atoms. The molecule has 4 heteroatoms.